The molecule has 0 spiro atoms. The largest absolute Gasteiger partial charge is 0.394 e. The molecule has 0 radical (unpaired) electrons. The Bertz CT molecular complexity index is 363. The van der Waals surface area contributed by atoms with Crippen LogP contribution < -0.4 is 16.0 Å². The predicted octanol–water partition coefficient (Wildman–Crippen LogP) is -2.66. The fourth-order valence-corrected chi connectivity index (χ4v) is 1.95. The molecule has 10 heteroatoms. The van der Waals surface area contributed by atoms with Gasteiger partial charge in [0.05, 0.1) is 39.1 Å². The van der Waals surface area contributed by atoms with Gasteiger partial charge in [0.2, 0.25) is 0 Å². The fraction of sp³-hybridized carbons (Fsp3) is 0.867. The highest BCUT2D eigenvalue weighted by atomic mass is 16.5. The molecule has 0 bridgehead atoms. The van der Waals surface area contributed by atoms with Crippen LogP contribution in [0.25, 0.3) is 0 Å². The number of likely N-dealkylation sites (N-methyl/N-ethyl adjacent to an activating group) is 1. The highest BCUT2D eigenvalue weighted by Gasteiger charge is 2.32. The number of unbranched alkanes of at least 4 members (excludes halogenated alkanes) is 1. The maximum absolute atomic E-state index is 11.9. The van der Waals surface area contributed by atoms with Gasteiger partial charge >= 0.3 is 6.03 Å². The van der Waals surface area contributed by atoms with E-state index in [0.29, 0.717) is 19.4 Å². The molecule has 0 saturated carbocycles. The number of hydrogen-bond donors (Lipinski definition) is 7. The molecule has 0 aromatic heterocycles. The summed E-state index contributed by atoms with van der Waals surface area (Å²) >= 11 is 0. The summed E-state index contributed by atoms with van der Waals surface area (Å²) in [4.78, 5) is 22.6. The Hall–Kier alpha value is -1.30. The van der Waals surface area contributed by atoms with Crippen LogP contribution in [0.3, 0.4) is 0 Å². The molecule has 0 saturated heterocycles. The van der Waals surface area contributed by atoms with Crippen LogP contribution in [0.1, 0.15) is 19.3 Å². The van der Waals surface area contributed by atoms with E-state index in [0.717, 1.165) is 12.7 Å². The van der Waals surface area contributed by atoms with Crippen molar-refractivity contribution >= 4 is 12.3 Å². The molecule has 25 heavy (non-hydrogen) atoms. The van der Waals surface area contributed by atoms with Gasteiger partial charge in [-0.3, -0.25) is 0 Å². The first-order chi connectivity index (χ1) is 12.0. The summed E-state index contributed by atoms with van der Waals surface area (Å²) in [6.45, 7) is -1.92. The Morgan fingerprint density at radius 2 is 1.80 bits per heavy atom. The number of rotatable bonds is 15. The van der Waals surface area contributed by atoms with Crippen LogP contribution in [0.5, 0.6) is 0 Å². The molecule has 0 aliphatic carbocycles. The molecular formula is C15H31N3O7. The molecule has 1 atom stereocenters. The lowest BCUT2D eigenvalue weighted by atomic mass is 10.0. The van der Waals surface area contributed by atoms with Crippen LogP contribution >= 0.6 is 0 Å². The number of aliphatic hydroxyl groups is 4. The molecule has 148 valence electrons. The Kier molecular flexibility index (Phi) is 13.2. The minimum atomic E-state index is -1.43. The maximum Gasteiger partial charge on any atom is 0.315 e. The van der Waals surface area contributed by atoms with Crippen molar-refractivity contribution < 1.29 is 34.8 Å². The van der Waals surface area contributed by atoms with E-state index in [1.54, 1.807) is 7.05 Å². The highest BCUT2D eigenvalue weighted by Crippen LogP contribution is 2.06. The number of nitrogens with one attached hydrogen (secondary N) is 3. The second-order valence-corrected chi connectivity index (χ2v) is 5.80. The van der Waals surface area contributed by atoms with Crippen molar-refractivity contribution in [2.45, 2.75) is 36.9 Å². The average Bonchev–Trinajstić information content (AvgIpc) is 2.64. The Labute approximate surface area is 147 Å². The third kappa shape index (κ3) is 9.68. The van der Waals surface area contributed by atoms with Crippen LogP contribution in [0.15, 0.2) is 0 Å². The monoisotopic (exact) mass is 365 g/mol. The second-order valence-electron chi connectivity index (χ2n) is 5.80. The topological polar surface area (TPSA) is 160 Å². The van der Waals surface area contributed by atoms with Gasteiger partial charge in [-0.15, -0.1) is 0 Å². The van der Waals surface area contributed by atoms with Gasteiger partial charge < -0.3 is 45.9 Å². The minimum Gasteiger partial charge on any atom is -0.394 e. The van der Waals surface area contributed by atoms with E-state index in [4.69, 9.17) is 14.9 Å². The number of carbonyl (C=O) groups is 2. The number of urea groups is 1. The van der Waals surface area contributed by atoms with Crippen molar-refractivity contribution in [2.75, 3.05) is 46.6 Å². The summed E-state index contributed by atoms with van der Waals surface area (Å²) in [6.07, 6.45) is 2.05. The van der Waals surface area contributed by atoms with E-state index in [1.165, 1.54) is 0 Å². The van der Waals surface area contributed by atoms with E-state index in [2.05, 4.69) is 16.0 Å². The van der Waals surface area contributed by atoms with E-state index in [9.17, 15) is 19.8 Å². The quantitative estimate of drug-likeness (QED) is 0.122. The molecule has 0 aliphatic heterocycles. The molecule has 7 N–H and O–H groups in total. The Balaban J connectivity index is 4.24. The van der Waals surface area contributed by atoms with Gasteiger partial charge in [-0.25, -0.2) is 4.79 Å². The summed E-state index contributed by atoms with van der Waals surface area (Å²) in [7, 11) is 1.70. The van der Waals surface area contributed by atoms with Crippen LogP contribution in [0, 0.1) is 0 Å². The van der Waals surface area contributed by atoms with Gasteiger partial charge in [0.1, 0.15) is 17.9 Å². The van der Waals surface area contributed by atoms with E-state index in [1.807, 2.05) is 0 Å². The third-order valence-electron chi connectivity index (χ3n) is 3.75. The number of aldehydes is 1. The first kappa shape index (κ1) is 23.7. The van der Waals surface area contributed by atoms with Gasteiger partial charge in [0, 0.05) is 6.54 Å². The third-order valence-corrected chi connectivity index (χ3v) is 3.75. The van der Waals surface area contributed by atoms with Gasteiger partial charge in [0.25, 0.3) is 0 Å². The maximum atomic E-state index is 11.9. The smallest absolute Gasteiger partial charge is 0.315 e. The SMILES string of the molecule is CNC(C=O)CCCCNC(=O)NC(CO)(CO)COC(CO)CO. The van der Waals surface area contributed by atoms with E-state index in [-0.39, 0.29) is 12.6 Å². The van der Waals surface area contributed by atoms with E-state index < -0.39 is 44.1 Å². The van der Waals surface area contributed by atoms with Gasteiger partial charge in [0.15, 0.2) is 0 Å². The van der Waals surface area contributed by atoms with Crippen molar-refractivity contribution in [3.63, 3.8) is 0 Å². The van der Waals surface area contributed by atoms with Gasteiger partial charge in [-0.05, 0) is 26.3 Å². The molecule has 0 fully saturated rings. The number of aliphatic hydroxyl groups excluding tert-OH is 4. The Morgan fingerprint density at radius 1 is 1.16 bits per heavy atom. The number of carbonyl (C=O) groups excluding carboxylic acids is 2. The fourth-order valence-electron chi connectivity index (χ4n) is 1.95. The lowest BCUT2D eigenvalue weighted by Crippen LogP contribution is -2.60. The molecule has 0 aromatic rings. The first-order valence-electron chi connectivity index (χ1n) is 8.24. The van der Waals surface area contributed by atoms with E-state index >= 15 is 0 Å². The highest BCUT2D eigenvalue weighted by molar-refractivity contribution is 5.74. The van der Waals surface area contributed by atoms with Crippen molar-refractivity contribution in [2.24, 2.45) is 0 Å². The molecule has 0 heterocycles. The van der Waals surface area contributed by atoms with Gasteiger partial charge in [-0.1, -0.05) is 0 Å². The molecule has 0 aromatic carbocycles. The van der Waals surface area contributed by atoms with Crippen LogP contribution in [-0.2, 0) is 9.53 Å². The average molecular weight is 365 g/mol. The molecule has 0 rings (SSSR count). The zero-order chi connectivity index (χ0) is 19.1. The van der Waals surface area contributed by atoms with Crippen LogP contribution in [0.4, 0.5) is 4.79 Å². The first-order valence-corrected chi connectivity index (χ1v) is 8.24. The summed E-state index contributed by atoms with van der Waals surface area (Å²) in [5, 5.41) is 44.7. The zero-order valence-electron chi connectivity index (χ0n) is 14.6. The molecule has 1 unspecified atom stereocenters. The summed E-state index contributed by atoms with van der Waals surface area (Å²) < 4.78 is 5.18. The predicted molar refractivity (Wildman–Crippen MR) is 90.1 cm³/mol. The van der Waals surface area contributed by atoms with Gasteiger partial charge in [-0.2, -0.15) is 0 Å². The second kappa shape index (κ2) is 13.9. The van der Waals surface area contributed by atoms with Crippen molar-refractivity contribution in [1.29, 1.82) is 0 Å². The van der Waals surface area contributed by atoms with Crippen LogP contribution in [0.2, 0.25) is 0 Å². The van der Waals surface area contributed by atoms with Crippen molar-refractivity contribution in [3.05, 3.63) is 0 Å². The summed E-state index contributed by atoms with van der Waals surface area (Å²) in [6, 6.07) is -0.787. The van der Waals surface area contributed by atoms with Crippen molar-refractivity contribution in [3.8, 4) is 0 Å². The van der Waals surface area contributed by atoms with Crippen molar-refractivity contribution in [1.82, 2.24) is 16.0 Å². The normalized spacial score (nSPS) is 12.9. The number of hydrogen-bond acceptors (Lipinski definition) is 8. The number of amides is 2. The standard InChI is InChI=1S/C15H31N3O7/c1-16-12(6-19)4-2-3-5-17-14(24)18-15(9-22,10-23)11-25-13(7-20)8-21/h6,12-13,16,20-23H,2-5,7-11H2,1H3,(H2,17,18,24). The van der Waals surface area contributed by atoms with Crippen LogP contribution in [-0.4, -0.2) is 97.1 Å². The number of ether oxygens (including phenoxy) is 1. The minimum absolute atomic E-state index is 0.201. The zero-order valence-corrected chi connectivity index (χ0v) is 14.6. The lowest BCUT2D eigenvalue weighted by molar-refractivity contribution is -0.109. The molecular weight excluding hydrogens is 334 g/mol. The summed E-state index contributed by atoms with van der Waals surface area (Å²) in [5.74, 6) is 0. The molecule has 2 amide bonds. The lowest BCUT2D eigenvalue weighted by Gasteiger charge is -2.32. The molecule has 10 nitrogen and oxygen atoms in total. The Morgan fingerprint density at radius 3 is 2.28 bits per heavy atom. The molecule has 0 aliphatic rings. The summed E-state index contributed by atoms with van der Waals surface area (Å²) in [5.41, 5.74) is -1.43.